The summed E-state index contributed by atoms with van der Waals surface area (Å²) < 4.78 is 26.7. The first-order valence-corrected chi connectivity index (χ1v) is 7.47. The number of hydrogen-bond acceptors (Lipinski definition) is 2. The Morgan fingerprint density at radius 2 is 1.90 bits per heavy atom. The molecule has 0 aliphatic rings. The highest BCUT2D eigenvalue weighted by molar-refractivity contribution is 14.1. The van der Waals surface area contributed by atoms with Crippen molar-refractivity contribution in [3.8, 4) is 0 Å². The van der Waals surface area contributed by atoms with E-state index in [2.05, 4.69) is 0 Å². The van der Waals surface area contributed by atoms with Crippen molar-refractivity contribution in [2.45, 2.75) is 26.3 Å². The number of nitrogens with zero attached hydrogens (tertiary/aromatic N) is 1. The highest BCUT2D eigenvalue weighted by atomic mass is 127. The van der Waals surface area contributed by atoms with Gasteiger partial charge in [0.25, 0.3) is 5.91 Å². The molecule has 112 valence electrons. The molecule has 6 heteroatoms. The average Bonchev–Trinajstić information content (AvgIpc) is 2.38. The minimum Gasteiger partial charge on any atom is -0.342 e. The Morgan fingerprint density at radius 1 is 1.35 bits per heavy atom. The number of carbonyl (C=O) groups excluding carboxylic acids is 1. The van der Waals surface area contributed by atoms with Crippen molar-refractivity contribution in [1.82, 2.24) is 4.90 Å². The van der Waals surface area contributed by atoms with E-state index in [1.165, 1.54) is 4.90 Å². The van der Waals surface area contributed by atoms with Crippen LogP contribution in [0, 0.1) is 21.1 Å². The Balaban J connectivity index is 2.77. The molecule has 20 heavy (non-hydrogen) atoms. The third kappa shape index (κ3) is 4.37. The highest BCUT2D eigenvalue weighted by Gasteiger charge is 2.19. The van der Waals surface area contributed by atoms with Gasteiger partial charge in [-0.15, -0.1) is 0 Å². The summed E-state index contributed by atoms with van der Waals surface area (Å²) >= 11 is 1.82. The van der Waals surface area contributed by atoms with Gasteiger partial charge in [0.15, 0.2) is 11.6 Å². The second kappa shape index (κ2) is 7.31. The summed E-state index contributed by atoms with van der Waals surface area (Å²) in [6.45, 7) is 4.52. The minimum absolute atomic E-state index is 0.00859. The lowest BCUT2D eigenvalue weighted by molar-refractivity contribution is 0.0787. The Bertz CT molecular complexity index is 494. The molecule has 1 amide bonds. The van der Waals surface area contributed by atoms with Gasteiger partial charge in [0.1, 0.15) is 0 Å². The van der Waals surface area contributed by atoms with Crippen molar-refractivity contribution in [2.24, 2.45) is 11.7 Å². The van der Waals surface area contributed by atoms with Crippen LogP contribution in [0.15, 0.2) is 12.1 Å². The molecule has 1 atom stereocenters. The van der Waals surface area contributed by atoms with Crippen molar-refractivity contribution in [3.05, 3.63) is 32.9 Å². The Kier molecular flexibility index (Phi) is 6.32. The fourth-order valence-electron chi connectivity index (χ4n) is 1.67. The van der Waals surface area contributed by atoms with Crippen LogP contribution in [-0.4, -0.2) is 30.4 Å². The molecule has 0 heterocycles. The van der Waals surface area contributed by atoms with E-state index >= 15 is 0 Å². The van der Waals surface area contributed by atoms with Gasteiger partial charge in [-0.3, -0.25) is 4.79 Å². The van der Waals surface area contributed by atoms with Crippen LogP contribution in [0.1, 0.15) is 30.6 Å². The van der Waals surface area contributed by atoms with E-state index in [-0.39, 0.29) is 17.5 Å². The van der Waals surface area contributed by atoms with Crippen molar-refractivity contribution in [1.29, 1.82) is 0 Å². The van der Waals surface area contributed by atoms with Crippen molar-refractivity contribution < 1.29 is 13.6 Å². The van der Waals surface area contributed by atoms with Crippen LogP contribution in [0.4, 0.5) is 8.78 Å². The molecule has 0 spiro atoms. The summed E-state index contributed by atoms with van der Waals surface area (Å²) in [5, 5.41) is 0. The monoisotopic (exact) mass is 396 g/mol. The number of nitrogens with two attached hydrogens (primary N) is 1. The molecular weight excluding hydrogens is 377 g/mol. The van der Waals surface area contributed by atoms with Crippen LogP contribution >= 0.6 is 22.6 Å². The maximum absolute atomic E-state index is 13.2. The molecule has 1 aromatic carbocycles. The zero-order chi connectivity index (χ0) is 15.4. The molecule has 3 nitrogen and oxygen atoms in total. The minimum atomic E-state index is -1.01. The molecule has 2 N–H and O–H groups in total. The number of amides is 1. The maximum atomic E-state index is 13.2. The molecule has 0 aliphatic carbocycles. The fourth-order valence-corrected chi connectivity index (χ4v) is 2.33. The van der Waals surface area contributed by atoms with Gasteiger partial charge < -0.3 is 10.6 Å². The first kappa shape index (κ1) is 17.3. The fraction of sp³-hybridized carbons (Fsp3) is 0.500. The molecule has 0 saturated heterocycles. The van der Waals surface area contributed by atoms with Gasteiger partial charge in [0.2, 0.25) is 0 Å². The van der Waals surface area contributed by atoms with Crippen LogP contribution < -0.4 is 5.73 Å². The lowest BCUT2D eigenvalue weighted by Crippen LogP contribution is -2.35. The van der Waals surface area contributed by atoms with Gasteiger partial charge >= 0.3 is 0 Å². The molecule has 0 aromatic heterocycles. The van der Waals surface area contributed by atoms with E-state index in [1.807, 2.05) is 36.4 Å². The zero-order valence-corrected chi connectivity index (χ0v) is 13.9. The average molecular weight is 396 g/mol. The van der Waals surface area contributed by atoms with Crippen molar-refractivity contribution >= 4 is 28.5 Å². The smallest absolute Gasteiger partial charge is 0.254 e. The molecule has 1 rings (SSSR count). The molecule has 1 unspecified atom stereocenters. The van der Waals surface area contributed by atoms with Gasteiger partial charge in [-0.2, -0.15) is 0 Å². The van der Waals surface area contributed by atoms with Crippen LogP contribution in [0.5, 0.6) is 0 Å². The van der Waals surface area contributed by atoms with Gasteiger partial charge in [0, 0.05) is 23.2 Å². The number of rotatable bonds is 5. The first-order valence-electron chi connectivity index (χ1n) is 6.39. The standard InChI is InChI=1S/C14H19F2IN2O/c1-8(2)13(18)4-5-19(3)14(20)9-6-10(15)11(16)7-12(9)17/h6-8,13H,4-5,18H2,1-3H3. The van der Waals surface area contributed by atoms with Gasteiger partial charge in [-0.1, -0.05) is 13.8 Å². The summed E-state index contributed by atoms with van der Waals surface area (Å²) in [6.07, 6.45) is 0.667. The van der Waals surface area contributed by atoms with Gasteiger partial charge in [-0.05, 0) is 47.1 Å². The van der Waals surface area contributed by atoms with E-state index in [0.29, 0.717) is 22.5 Å². The molecule has 1 aromatic rings. The molecule has 0 saturated carbocycles. The first-order chi connectivity index (χ1) is 9.23. The number of halogens is 3. The van der Waals surface area contributed by atoms with Crippen LogP contribution in [0.2, 0.25) is 0 Å². The summed E-state index contributed by atoms with van der Waals surface area (Å²) in [6, 6.07) is 1.98. The summed E-state index contributed by atoms with van der Waals surface area (Å²) in [5.41, 5.74) is 6.10. The van der Waals surface area contributed by atoms with Gasteiger partial charge in [-0.25, -0.2) is 8.78 Å². The number of carbonyl (C=O) groups is 1. The predicted molar refractivity (Wildman–Crippen MR) is 83.5 cm³/mol. The third-order valence-corrected chi connectivity index (χ3v) is 4.13. The molecule has 0 fully saturated rings. The second-order valence-electron chi connectivity index (χ2n) is 5.17. The topological polar surface area (TPSA) is 46.3 Å². The quantitative estimate of drug-likeness (QED) is 0.615. The lowest BCUT2D eigenvalue weighted by atomic mass is 10.0. The summed E-state index contributed by atoms with van der Waals surface area (Å²) in [7, 11) is 1.63. The summed E-state index contributed by atoms with van der Waals surface area (Å²) in [4.78, 5) is 13.7. The molecule has 0 radical (unpaired) electrons. The molecule has 0 aliphatic heterocycles. The lowest BCUT2D eigenvalue weighted by Gasteiger charge is -2.22. The SMILES string of the molecule is CC(C)C(N)CCN(C)C(=O)c1cc(F)c(F)cc1I. The molecular formula is C14H19F2IN2O. The Labute approximate surface area is 131 Å². The van der Waals surface area contributed by atoms with E-state index < -0.39 is 11.6 Å². The Hall–Kier alpha value is -0.760. The van der Waals surface area contributed by atoms with E-state index in [9.17, 15) is 13.6 Å². The Morgan fingerprint density at radius 3 is 2.45 bits per heavy atom. The normalized spacial score (nSPS) is 12.6. The maximum Gasteiger partial charge on any atom is 0.254 e. The highest BCUT2D eigenvalue weighted by Crippen LogP contribution is 2.19. The zero-order valence-electron chi connectivity index (χ0n) is 11.8. The van der Waals surface area contributed by atoms with E-state index in [4.69, 9.17) is 5.73 Å². The third-order valence-electron chi connectivity index (χ3n) is 3.24. The van der Waals surface area contributed by atoms with E-state index in [1.54, 1.807) is 7.05 Å². The molecule has 0 bridgehead atoms. The van der Waals surface area contributed by atoms with E-state index in [0.717, 1.165) is 12.1 Å². The number of hydrogen-bond donors (Lipinski definition) is 1. The van der Waals surface area contributed by atoms with Crippen LogP contribution in [-0.2, 0) is 0 Å². The summed E-state index contributed by atoms with van der Waals surface area (Å²) in [5.74, 6) is -1.96. The number of benzene rings is 1. The van der Waals surface area contributed by atoms with Crippen LogP contribution in [0.25, 0.3) is 0 Å². The van der Waals surface area contributed by atoms with Gasteiger partial charge in [0.05, 0.1) is 5.56 Å². The predicted octanol–water partition coefficient (Wildman–Crippen LogP) is 3.01. The van der Waals surface area contributed by atoms with Crippen molar-refractivity contribution in [2.75, 3.05) is 13.6 Å². The van der Waals surface area contributed by atoms with Crippen LogP contribution in [0.3, 0.4) is 0 Å². The second-order valence-corrected chi connectivity index (χ2v) is 6.33. The van der Waals surface area contributed by atoms with Crippen molar-refractivity contribution in [3.63, 3.8) is 0 Å². The largest absolute Gasteiger partial charge is 0.342 e.